The molecule has 0 aromatic heterocycles. The van der Waals surface area contributed by atoms with Crippen molar-refractivity contribution in [2.45, 2.75) is 52.9 Å². The fourth-order valence-electron chi connectivity index (χ4n) is 3.42. The highest BCUT2D eigenvalue weighted by molar-refractivity contribution is 6.02. The summed E-state index contributed by atoms with van der Waals surface area (Å²) in [4.78, 5) is 23.5. The molecule has 0 saturated heterocycles. The van der Waals surface area contributed by atoms with Crippen molar-refractivity contribution < 1.29 is 14.3 Å². The standard InChI is InChI=1S/C17H22O3/c1-9-11(3)17(20-5)12(4)10(2)16(9)13-6-14(18)8-15(19)7-13/h13H,6-8H2,1-5H3. The largest absolute Gasteiger partial charge is 0.496 e. The third-order valence-corrected chi connectivity index (χ3v) is 4.57. The molecule has 20 heavy (non-hydrogen) atoms. The number of ether oxygens (including phenoxy) is 1. The summed E-state index contributed by atoms with van der Waals surface area (Å²) in [6, 6.07) is 0. The summed E-state index contributed by atoms with van der Waals surface area (Å²) in [7, 11) is 1.68. The number of methoxy groups -OCH3 is 1. The van der Waals surface area contributed by atoms with E-state index in [2.05, 4.69) is 13.8 Å². The van der Waals surface area contributed by atoms with E-state index >= 15 is 0 Å². The zero-order valence-corrected chi connectivity index (χ0v) is 12.9. The molecule has 0 aliphatic heterocycles. The predicted octanol–water partition coefficient (Wildman–Crippen LogP) is 3.33. The molecular weight excluding hydrogens is 252 g/mol. The number of carbonyl (C=O) groups excluding carboxylic acids is 2. The van der Waals surface area contributed by atoms with Gasteiger partial charge in [0, 0.05) is 12.8 Å². The number of rotatable bonds is 2. The molecule has 0 radical (unpaired) electrons. The Bertz CT molecular complexity index is 539. The predicted molar refractivity (Wildman–Crippen MR) is 78.5 cm³/mol. The first kappa shape index (κ1) is 14.8. The molecule has 1 aliphatic carbocycles. The fraction of sp³-hybridized carbons (Fsp3) is 0.529. The van der Waals surface area contributed by atoms with Gasteiger partial charge in [-0.25, -0.2) is 0 Å². The van der Waals surface area contributed by atoms with Gasteiger partial charge in [0.25, 0.3) is 0 Å². The Morgan fingerprint density at radius 2 is 1.30 bits per heavy atom. The Morgan fingerprint density at radius 3 is 1.70 bits per heavy atom. The van der Waals surface area contributed by atoms with Gasteiger partial charge in [-0.2, -0.15) is 0 Å². The molecule has 2 rings (SSSR count). The van der Waals surface area contributed by atoms with E-state index in [4.69, 9.17) is 4.74 Å². The lowest BCUT2D eigenvalue weighted by Gasteiger charge is -2.27. The van der Waals surface area contributed by atoms with Crippen LogP contribution in [-0.4, -0.2) is 18.7 Å². The van der Waals surface area contributed by atoms with Gasteiger partial charge in [0.2, 0.25) is 0 Å². The lowest BCUT2D eigenvalue weighted by molar-refractivity contribution is -0.130. The minimum absolute atomic E-state index is 0.0343. The second-order valence-electron chi connectivity index (χ2n) is 5.81. The monoisotopic (exact) mass is 274 g/mol. The molecule has 0 heterocycles. The molecule has 1 fully saturated rings. The van der Waals surface area contributed by atoms with Crippen LogP contribution in [0.2, 0.25) is 0 Å². The molecule has 0 unspecified atom stereocenters. The minimum atomic E-state index is 0.0343. The van der Waals surface area contributed by atoms with Crippen LogP contribution in [0, 0.1) is 27.7 Å². The first-order valence-electron chi connectivity index (χ1n) is 7.04. The number of benzene rings is 1. The van der Waals surface area contributed by atoms with Gasteiger partial charge in [-0.15, -0.1) is 0 Å². The molecule has 1 aromatic rings. The van der Waals surface area contributed by atoms with Crippen LogP contribution in [0.1, 0.15) is 53.0 Å². The highest BCUT2D eigenvalue weighted by atomic mass is 16.5. The van der Waals surface area contributed by atoms with Crippen LogP contribution in [0.4, 0.5) is 0 Å². The number of Topliss-reactive ketones (excluding diaryl/α,β-unsaturated/α-hetero) is 2. The normalized spacial score (nSPS) is 16.6. The summed E-state index contributed by atoms with van der Waals surface area (Å²) < 4.78 is 5.49. The van der Waals surface area contributed by atoms with Crippen LogP contribution in [0.3, 0.4) is 0 Å². The lowest BCUT2D eigenvalue weighted by Crippen LogP contribution is -2.23. The maximum absolute atomic E-state index is 11.7. The third kappa shape index (κ3) is 2.37. The fourth-order valence-corrected chi connectivity index (χ4v) is 3.42. The lowest BCUT2D eigenvalue weighted by atomic mass is 9.77. The number of hydrogen-bond donors (Lipinski definition) is 0. The Balaban J connectivity index is 2.57. The average molecular weight is 274 g/mol. The summed E-state index contributed by atoms with van der Waals surface area (Å²) in [5.74, 6) is 1.08. The van der Waals surface area contributed by atoms with Gasteiger partial charge < -0.3 is 4.74 Å². The van der Waals surface area contributed by atoms with E-state index in [0.717, 1.165) is 28.0 Å². The van der Waals surface area contributed by atoms with E-state index in [-0.39, 0.29) is 23.9 Å². The van der Waals surface area contributed by atoms with Crippen LogP contribution in [-0.2, 0) is 9.59 Å². The van der Waals surface area contributed by atoms with Crippen molar-refractivity contribution in [2.75, 3.05) is 7.11 Å². The van der Waals surface area contributed by atoms with Gasteiger partial charge in [0.1, 0.15) is 17.3 Å². The Labute approximate surface area is 120 Å². The maximum Gasteiger partial charge on any atom is 0.140 e. The quantitative estimate of drug-likeness (QED) is 0.777. The minimum Gasteiger partial charge on any atom is -0.496 e. The molecule has 3 heteroatoms. The van der Waals surface area contributed by atoms with Gasteiger partial charge in [0.05, 0.1) is 13.5 Å². The van der Waals surface area contributed by atoms with Crippen molar-refractivity contribution in [3.05, 3.63) is 27.8 Å². The van der Waals surface area contributed by atoms with Crippen molar-refractivity contribution in [2.24, 2.45) is 0 Å². The summed E-state index contributed by atoms with van der Waals surface area (Å²) >= 11 is 0. The molecule has 0 atom stereocenters. The molecule has 1 saturated carbocycles. The number of hydrogen-bond acceptors (Lipinski definition) is 3. The summed E-state index contributed by atoms with van der Waals surface area (Å²) in [6.07, 6.45) is 1.08. The zero-order valence-electron chi connectivity index (χ0n) is 12.9. The second-order valence-corrected chi connectivity index (χ2v) is 5.81. The van der Waals surface area contributed by atoms with Crippen LogP contribution in [0.25, 0.3) is 0 Å². The molecule has 1 aliphatic rings. The SMILES string of the molecule is COc1c(C)c(C)c(C2CC(=O)CC(=O)C2)c(C)c1C. The maximum atomic E-state index is 11.7. The Hall–Kier alpha value is -1.64. The van der Waals surface area contributed by atoms with E-state index in [1.807, 2.05) is 13.8 Å². The van der Waals surface area contributed by atoms with Crippen molar-refractivity contribution in [1.82, 2.24) is 0 Å². The van der Waals surface area contributed by atoms with Gasteiger partial charge in [-0.1, -0.05) is 0 Å². The summed E-state index contributed by atoms with van der Waals surface area (Å²) in [5.41, 5.74) is 5.68. The van der Waals surface area contributed by atoms with E-state index < -0.39 is 0 Å². The first-order valence-corrected chi connectivity index (χ1v) is 7.04. The molecule has 0 bridgehead atoms. The highest BCUT2D eigenvalue weighted by Gasteiger charge is 2.30. The van der Waals surface area contributed by atoms with Crippen molar-refractivity contribution in [1.29, 1.82) is 0 Å². The molecule has 0 spiro atoms. The van der Waals surface area contributed by atoms with Crippen LogP contribution in [0.15, 0.2) is 0 Å². The molecule has 1 aromatic carbocycles. The van der Waals surface area contributed by atoms with E-state index in [0.29, 0.717) is 12.8 Å². The van der Waals surface area contributed by atoms with Crippen LogP contribution < -0.4 is 4.74 Å². The Kier molecular flexibility index (Phi) is 3.98. The highest BCUT2D eigenvalue weighted by Crippen LogP contribution is 2.40. The smallest absolute Gasteiger partial charge is 0.140 e. The van der Waals surface area contributed by atoms with Gasteiger partial charge in [-0.05, 0) is 61.4 Å². The van der Waals surface area contributed by atoms with E-state index in [1.54, 1.807) is 7.11 Å². The topological polar surface area (TPSA) is 43.4 Å². The van der Waals surface area contributed by atoms with Gasteiger partial charge in [0.15, 0.2) is 0 Å². The molecule has 0 N–H and O–H groups in total. The average Bonchev–Trinajstić information content (AvgIpc) is 2.36. The van der Waals surface area contributed by atoms with Crippen molar-refractivity contribution in [3.63, 3.8) is 0 Å². The molecule has 108 valence electrons. The third-order valence-electron chi connectivity index (χ3n) is 4.57. The summed E-state index contributed by atoms with van der Waals surface area (Å²) in [6.45, 7) is 8.19. The van der Waals surface area contributed by atoms with Gasteiger partial charge >= 0.3 is 0 Å². The molecular formula is C17H22O3. The van der Waals surface area contributed by atoms with Crippen LogP contribution >= 0.6 is 0 Å². The van der Waals surface area contributed by atoms with Crippen LogP contribution in [0.5, 0.6) is 5.75 Å². The Morgan fingerprint density at radius 1 is 0.850 bits per heavy atom. The van der Waals surface area contributed by atoms with Gasteiger partial charge in [-0.3, -0.25) is 9.59 Å². The van der Waals surface area contributed by atoms with Crippen molar-refractivity contribution in [3.8, 4) is 5.75 Å². The van der Waals surface area contributed by atoms with Crippen molar-refractivity contribution >= 4 is 11.6 Å². The second kappa shape index (κ2) is 5.39. The molecule has 3 nitrogen and oxygen atoms in total. The molecule has 0 amide bonds. The summed E-state index contributed by atoms with van der Waals surface area (Å²) in [5, 5.41) is 0. The zero-order chi connectivity index (χ0) is 15.0. The van der Waals surface area contributed by atoms with E-state index in [1.165, 1.54) is 5.56 Å². The first-order chi connectivity index (χ1) is 9.36. The van der Waals surface area contributed by atoms with E-state index in [9.17, 15) is 9.59 Å². The number of carbonyl (C=O) groups is 2. The number of ketones is 2.